The van der Waals surface area contributed by atoms with Crippen LogP contribution in [0.5, 0.6) is 0 Å². The van der Waals surface area contributed by atoms with Crippen molar-refractivity contribution in [3.63, 3.8) is 0 Å². The van der Waals surface area contributed by atoms with Crippen molar-refractivity contribution in [3.8, 4) is 28.2 Å². The molecule has 3 heterocycles. The Morgan fingerprint density at radius 3 is 2.40 bits per heavy atom. The average Bonchev–Trinajstić information content (AvgIpc) is 3.78. The molecular formula is C41H39N3O. The molecule has 0 atom stereocenters. The summed E-state index contributed by atoms with van der Waals surface area (Å²) in [5.41, 5.74) is 11.6. The molecule has 224 valence electrons. The highest BCUT2D eigenvalue weighted by Crippen LogP contribution is 2.41. The zero-order valence-corrected chi connectivity index (χ0v) is 26.6. The average molecular weight is 590 g/mol. The molecule has 1 saturated carbocycles. The van der Waals surface area contributed by atoms with Gasteiger partial charge in [-0.3, -0.25) is 4.57 Å². The van der Waals surface area contributed by atoms with Gasteiger partial charge in [0.25, 0.3) is 0 Å². The van der Waals surface area contributed by atoms with E-state index < -0.39 is 0 Å². The molecule has 4 aromatic carbocycles. The van der Waals surface area contributed by atoms with Crippen LogP contribution in [0.4, 0.5) is 0 Å². The maximum absolute atomic E-state index is 6.66. The van der Waals surface area contributed by atoms with Gasteiger partial charge in [-0.15, -0.1) is 0 Å². The molecule has 0 spiro atoms. The monoisotopic (exact) mass is 589 g/mol. The van der Waals surface area contributed by atoms with E-state index in [0.29, 0.717) is 5.71 Å². The van der Waals surface area contributed by atoms with Gasteiger partial charge in [-0.1, -0.05) is 101 Å². The van der Waals surface area contributed by atoms with Crippen LogP contribution in [0.3, 0.4) is 0 Å². The van der Waals surface area contributed by atoms with Crippen molar-refractivity contribution in [2.75, 3.05) is 0 Å². The predicted molar refractivity (Wildman–Crippen MR) is 186 cm³/mol. The Morgan fingerprint density at radius 2 is 1.60 bits per heavy atom. The molecule has 0 unspecified atom stereocenters. The molecule has 1 aliphatic carbocycles. The van der Waals surface area contributed by atoms with Gasteiger partial charge in [0.2, 0.25) is 5.71 Å². The van der Waals surface area contributed by atoms with E-state index in [1.54, 1.807) is 0 Å². The highest BCUT2D eigenvalue weighted by molar-refractivity contribution is 6.08. The summed E-state index contributed by atoms with van der Waals surface area (Å²) in [6.45, 7) is 9.02. The molecule has 0 amide bonds. The summed E-state index contributed by atoms with van der Waals surface area (Å²) in [6.07, 6.45) is 6.33. The van der Waals surface area contributed by atoms with Crippen LogP contribution < -0.4 is 0 Å². The topological polar surface area (TPSA) is 43.9 Å². The van der Waals surface area contributed by atoms with Crippen LogP contribution in [0.15, 0.2) is 101 Å². The van der Waals surface area contributed by atoms with Gasteiger partial charge in [-0.2, -0.15) is 0 Å². The molecule has 4 heteroatoms. The number of hydrogen-bond acceptors (Lipinski definition) is 3. The van der Waals surface area contributed by atoms with Gasteiger partial charge in [0.1, 0.15) is 11.4 Å². The number of rotatable bonds is 5. The quantitative estimate of drug-likeness (QED) is 0.201. The van der Waals surface area contributed by atoms with Crippen LogP contribution in [0, 0.1) is 12.8 Å². The number of aryl methyl sites for hydroxylation is 1. The lowest BCUT2D eigenvalue weighted by Crippen LogP contribution is -2.16. The lowest BCUT2D eigenvalue weighted by atomic mass is 9.83. The third kappa shape index (κ3) is 4.93. The van der Waals surface area contributed by atoms with Crippen LogP contribution in [0.1, 0.15) is 63.3 Å². The Morgan fingerprint density at radius 1 is 0.778 bits per heavy atom. The second-order valence-electron chi connectivity index (χ2n) is 13.9. The fourth-order valence-corrected chi connectivity index (χ4v) is 7.27. The number of aromatic nitrogens is 3. The van der Waals surface area contributed by atoms with E-state index in [1.807, 2.05) is 0 Å². The van der Waals surface area contributed by atoms with Crippen LogP contribution >= 0.6 is 0 Å². The number of furan rings is 1. The second-order valence-corrected chi connectivity index (χ2v) is 13.9. The van der Waals surface area contributed by atoms with Gasteiger partial charge in [0.05, 0.1) is 22.3 Å². The standard InChI is InChI=1S/C41H39N3O/c1-26-17-21-35-37(23-26)44(36-22-18-29(25-34(36)41(2,3)4)28-13-6-5-7-14-28)39(43-35)33-16-10-15-31-32-20-19-30(24-27-11-8-9-12-27)42-40(32)45-38(31)33/h5-7,10,13-23,25,27H,8-9,11-12,24H2,1-4H3. The number of hydrogen-bond donors (Lipinski definition) is 0. The van der Waals surface area contributed by atoms with Gasteiger partial charge in [0, 0.05) is 16.5 Å². The van der Waals surface area contributed by atoms with E-state index >= 15 is 0 Å². The molecule has 0 radical (unpaired) electrons. The lowest BCUT2D eigenvalue weighted by Gasteiger charge is -2.25. The molecular weight excluding hydrogens is 550 g/mol. The molecule has 3 aromatic heterocycles. The number of benzene rings is 4. The molecule has 8 rings (SSSR count). The van der Waals surface area contributed by atoms with Crippen molar-refractivity contribution in [1.29, 1.82) is 0 Å². The summed E-state index contributed by atoms with van der Waals surface area (Å²) in [7, 11) is 0. The van der Waals surface area contributed by atoms with Crippen molar-refractivity contribution >= 4 is 33.1 Å². The van der Waals surface area contributed by atoms with Crippen molar-refractivity contribution < 1.29 is 4.42 Å². The minimum atomic E-state index is -0.108. The van der Waals surface area contributed by atoms with Crippen LogP contribution in [0.2, 0.25) is 0 Å². The van der Waals surface area contributed by atoms with Gasteiger partial charge >= 0.3 is 0 Å². The molecule has 45 heavy (non-hydrogen) atoms. The first kappa shape index (κ1) is 27.8. The maximum Gasteiger partial charge on any atom is 0.227 e. The zero-order chi connectivity index (χ0) is 30.7. The SMILES string of the molecule is Cc1ccc2nc(-c3cccc4c3oc3nc(CC5CCCC5)ccc34)n(-c3ccc(-c4ccccc4)cc3C(C)(C)C)c2c1. The van der Waals surface area contributed by atoms with Crippen molar-refractivity contribution in [2.24, 2.45) is 5.92 Å². The van der Waals surface area contributed by atoms with Gasteiger partial charge in [-0.05, 0) is 89.4 Å². The Bertz CT molecular complexity index is 2190. The van der Waals surface area contributed by atoms with Gasteiger partial charge in [0.15, 0.2) is 0 Å². The highest BCUT2D eigenvalue weighted by Gasteiger charge is 2.26. The van der Waals surface area contributed by atoms with Gasteiger partial charge < -0.3 is 4.42 Å². The summed E-state index contributed by atoms with van der Waals surface area (Å²) in [5, 5.41) is 2.13. The summed E-state index contributed by atoms with van der Waals surface area (Å²) < 4.78 is 9.01. The van der Waals surface area contributed by atoms with E-state index in [4.69, 9.17) is 14.4 Å². The van der Waals surface area contributed by atoms with Crippen molar-refractivity contribution in [2.45, 2.75) is 65.2 Å². The van der Waals surface area contributed by atoms with Crippen LogP contribution in [-0.2, 0) is 11.8 Å². The van der Waals surface area contributed by atoms with Crippen LogP contribution in [0.25, 0.3) is 61.3 Å². The van der Waals surface area contributed by atoms with E-state index in [1.165, 1.54) is 47.9 Å². The van der Waals surface area contributed by atoms with Crippen molar-refractivity contribution in [3.05, 3.63) is 114 Å². The molecule has 1 fully saturated rings. The Balaban J connectivity index is 1.35. The first-order chi connectivity index (χ1) is 21.8. The smallest absolute Gasteiger partial charge is 0.227 e. The number of nitrogens with zero attached hydrogens (tertiary/aromatic N) is 3. The fourth-order valence-electron chi connectivity index (χ4n) is 7.27. The highest BCUT2D eigenvalue weighted by atomic mass is 16.3. The number of para-hydroxylation sites is 1. The normalized spacial score (nSPS) is 14.3. The summed E-state index contributed by atoms with van der Waals surface area (Å²) in [5.74, 6) is 1.62. The van der Waals surface area contributed by atoms with E-state index in [2.05, 4.69) is 129 Å². The van der Waals surface area contributed by atoms with E-state index in [-0.39, 0.29) is 5.41 Å². The van der Waals surface area contributed by atoms with E-state index in [0.717, 1.165) is 62.5 Å². The molecule has 4 nitrogen and oxygen atoms in total. The second kappa shape index (κ2) is 10.7. The minimum Gasteiger partial charge on any atom is -0.437 e. The Hall–Kier alpha value is -4.70. The third-order valence-electron chi connectivity index (χ3n) is 9.60. The molecule has 0 bridgehead atoms. The van der Waals surface area contributed by atoms with Gasteiger partial charge in [-0.25, -0.2) is 9.97 Å². The fraction of sp³-hybridized carbons (Fsp3) is 0.268. The van der Waals surface area contributed by atoms with E-state index in [9.17, 15) is 0 Å². The lowest BCUT2D eigenvalue weighted by molar-refractivity contribution is 0.537. The first-order valence-electron chi connectivity index (χ1n) is 16.3. The number of fused-ring (bicyclic) bond motifs is 4. The zero-order valence-electron chi connectivity index (χ0n) is 26.6. The molecule has 0 saturated heterocycles. The summed E-state index contributed by atoms with van der Waals surface area (Å²) in [6, 6.07) is 34.8. The molecule has 7 aromatic rings. The summed E-state index contributed by atoms with van der Waals surface area (Å²) >= 11 is 0. The van der Waals surface area contributed by atoms with Crippen LogP contribution in [-0.4, -0.2) is 14.5 Å². The maximum atomic E-state index is 6.66. The number of pyridine rings is 1. The first-order valence-corrected chi connectivity index (χ1v) is 16.3. The molecule has 0 N–H and O–H groups in total. The Labute approximate surface area is 264 Å². The Kier molecular flexibility index (Phi) is 6.63. The van der Waals surface area contributed by atoms with Crippen molar-refractivity contribution in [1.82, 2.24) is 14.5 Å². The number of imidazole rings is 1. The summed E-state index contributed by atoms with van der Waals surface area (Å²) in [4.78, 5) is 10.3. The molecule has 0 aliphatic heterocycles. The minimum absolute atomic E-state index is 0.108. The predicted octanol–water partition coefficient (Wildman–Crippen LogP) is 11.0. The molecule has 1 aliphatic rings. The largest absolute Gasteiger partial charge is 0.437 e. The third-order valence-corrected chi connectivity index (χ3v) is 9.60.